The minimum absolute atomic E-state index is 0.0834. The summed E-state index contributed by atoms with van der Waals surface area (Å²) in [5.74, 6) is -2.60. The third-order valence-electron chi connectivity index (χ3n) is 8.63. The summed E-state index contributed by atoms with van der Waals surface area (Å²) in [6.45, 7) is 3.34. The van der Waals surface area contributed by atoms with Gasteiger partial charge in [0.05, 0.1) is 22.6 Å². The standard InChI is InChI=1S/C33H32ClFN2O5/c1-3-33(4-2,32(41)42-20-21-10-6-5-7-11-21)28-15-14-27(22-16-23(34)18-24(35)17-22)37(28)29(38)19-36-30(39)25-12-8-9-13-26(25)31(36)40/h5-13,16-18,27-28H,3-4,14-15,19-20H2,1-2H3/t27-,28+/m0/s1. The number of rotatable bonds is 9. The predicted octanol–water partition coefficient (Wildman–Crippen LogP) is 6.36. The van der Waals surface area contributed by atoms with Crippen molar-refractivity contribution in [2.75, 3.05) is 6.54 Å². The van der Waals surface area contributed by atoms with E-state index < -0.39 is 53.6 Å². The maximum absolute atomic E-state index is 14.5. The fraction of sp³-hybridized carbons (Fsp3) is 0.333. The zero-order valence-corrected chi connectivity index (χ0v) is 24.3. The molecule has 5 rings (SSSR count). The Morgan fingerprint density at radius 3 is 2.14 bits per heavy atom. The van der Waals surface area contributed by atoms with Gasteiger partial charge in [-0.2, -0.15) is 0 Å². The first-order valence-electron chi connectivity index (χ1n) is 14.1. The molecular formula is C33H32ClFN2O5. The van der Waals surface area contributed by atoms with E-state index in [0.717, 1.165) is 10.5 Å². The van der Waals surface area contributed by atoms with Crippen LogP contribution in [0.15, 0.2) is 72.8 Å². The number of fused-ring (bicyclic) bond motifs is 1. The Balaban J connectivity index is 1.49. The zero-order chi connectivity index (χ0) is 30.0. The van der Waals surface area contributed by atoms with Crippen molar-refractivity contribution in [3.8, 4) is 0 Å². The number of hydrogen-bond acceptors (Lipinski definition) is 5. The van der Waals surface area contributed by atoms with Gasteiger partial charge in [-0.1, -0.05) is 67.9 Å². The lowest BCUT2D eigenvalue weighted by atomic mass is 9.74. The van der Waals surface area contributed by atoms with Crippen molar-refractivity contribution < 1.29 is 28.3 Å². The molecule has 0 unspecified atom stereocenters. The van der Waals surface area contributed by atoms with Crippen molar-refractivity contribution in [3.63, 3.8) is 0 Å². The number of benzene rings is 3. The Hall–Kier alpha value is -4.04. The summed E-state index contributed by atoms with van der Waals surface area (Å²) in [6, 6.07) is 18.6. The van der Waals surface area contributed by atoms with Crippen molar-refractivity contribution in [2.45, 2.75) is 58.2 Å². The van der Waals surface area contributed by atoms with Crippen molar-refractivity contribution in [2.24, 2.45) is 5.41 Å². The van der Waals surface area contributed by atoms with Crippen LogP contribution >= 0.6 is 11.6 Å². The van der Waals surface area contributed by atoms with Crippen LogP contribution in [0, 0.1) is 11.2 Å². The van der Waals surface area contributed by atoms with E-state index in [2.05, 4.69) is 0 Å². The summed E-state index contributed by atoms with van der Waals surface area (Å²) in [4.78, 5) is 56.8. The van der Waals surface area contributed by atoms with Gasteiger partial charge in [-0.25, -0.2) is 4.39 Å². The largest absolute Gasteiger partial charge is 0.460 e. The van der Waals surface area contributed by atoms with Gasteiger partial charge in [-0.3, -0.25) is 24.1 Å². The van der Waals surface area contributed by atoms with Crippen molar-refractivity contribution >= 4 is 35.3 Å². The summed E-state index contributed by atoms with van der Waals surface area (Å²) in [6.07, 6.45) is 1.64. The average Bonchev–Trinajstić information content (AvgIpc) is 3.54. The molecule has 0 aromatic heterocycles. The minimum Gasteiger partial charge on any atom is -0.460 e. The van der Waals surface area contributed by atoms with E-state index in [1.165, 1.54) is 12.1 Å². The molecule has 3 aromatic rings. The van der Waals surface area contributed by atoms with Crippen LogP contribution < -0.4 is 0 Å². The maximum Gasteiger partial charge on any atom is 0.314 e. The third-order valence-corrected chi connectivity index (χ3v) is 8.85. The molecule has 0 saturated carbocycles. The highest BCUT2D eigenvalue weighted by Gasteiger charge is 2.53. The van der Waals surface area contributed by atoms with Gasteiger partial charge >= 0.3 is 5.97 Å². The van der Waals surface area contributed by atoms with Crippen LogP contribution in [0.3, 0.4) is 0 Å². The predicted molar refractivity (Wildman–Crippen MR) is 155 cm³/mol. The summed E-state index contributed by atoms with van der Waals surface area (Å²) >= 11 is 6.20. The number of likely N-dealkylation sites (tertiary alicyclic amines) is 1. The molecule has 0 aliphatic carbocycles. The Bertz CT molecular complexity index is 1470. The van der Waals surface area contributed by atoms with E-state index >= 15 is 0 Å². The molecule has 0 radical (unpaired) electrons. The van der Waals surface area contributed by atoms with E-state index in [9.17, 15) is 23.6 Å². The number of imide groups is 1. The molecule has 9 heteroatoms. The van der Waals surface area contributed by atoms with Crippen LogP contribution in [-0.4, -0.2) is 46.1 Å². The SMILES string of the molecule is CCC(CC)(C(=O)OCc1ccccc1)[C@H]1CC[C@@H](c2cc(F)cc(Cl)c2)N1C(=O)CN1C(=O)c2ccccc2C1=O. The number of halogens is 2. The van der Waals surface area contributed by atoms with Gasteiger partial charge in [0.2, 0.25) is 5.91 Å². The molecule has 2 atom stereocenters. The number of amides is 3. The molecule has 2 heterocycles. The highest BCUT2D eigenvalue weighted by Crippen LogP contribution is 2.48. The van der Waals surface area contributed by atoms with Crippen LogP contribution in [0.5, 0.6) is 0 Å². The molecule has 3 aromatic carbocycles. The Labute approximate surface area is 249 Å². The quantitative estimate of drug-likeness (QED) is 0.214. The second-order valence-electron chi connectivity index (χ2n) is 10.8. The first-order chi connectivity index (χ1) is 20.2. The summed E-state index contributed by atoms with van der Waals surface area (Å²) in [5, 5.41) is 0.181. The molecule has 3 amide bonds. The van der Waals surface area contributed by atoms with E-state index in [1.54, 1.807) is 35.2 Å². The zero-order valence-electron chi connectivity index (χ0n) is 23.5. The van der Waals surface area contributed by atoms with Crippen molar-refractivity contribution in [3.05, 3.63) is 106 Å². The molecule has 0 N–H and O–H groups in total. The summed E-state index contributed by atoms with van der Waals surface area (Å²) in [5.41, 5.74) is 0.727. The van der Waals surface area contributed by atoms with Gasteiger partial charge in [-0.05, 0) is 67.1 Å². The lowest BCUT2D eigenvalue weighted by molar-refractivity contribution is -0.164. The molecule has 218 valence electrons. The summed E-state index contributed by atoms with van der Waals surface area (Å²) < 4.78 is 20.3. The van der Waals surface area contributed by atoms with Gasteiger partial charge in [0.25, 0.3) is 11.8 Å². The molecule has 1 saturated heterocycles. The van der Waals surface area contributed by atoms with Gasteiger partial charge in [-0.15, -0.1) is 0 Å². The van der Waals surface area contributed by atoms with Crippen LogP contribution in [0.2, 0.25) is 5.02 Å². The van der Waals surface area contributed by atoms with Gasteiger partial charge in [0.15, 0.2) is 0 Å². The number of esters is 1. The molecule has 7 nitrogen and oxygen atoms in total. The summed E-state index contributed by atoms with van der Waals surface area (Å²) in [7, 11) is 0. The minimum atomic E-state index is -1.07. The van der Waals surface area contributed by atoms with Gasteiger partial charge in [0.1, 0.15) is 19.0 Å². The molecular weight excluding hydrogens is 559 g/mol. The maximum atomic E-state index is 14.5. The number of carbonyl (C=O) groups excluding carboxylic acids is 4. The van der Waals surface area contributed by atoms with Gasteiger partial charge in [0, 0.05) is 11.1 Å². The van der Waals surface area contributed by atoms with E-state index in [-0.39, 0.29) is 22.8 Å². The van der Waals surface area contributed by atoms with Crippen molar-refractivity contribution in [1.29, 1.82) is 0 Å². The highest BCUT2D eigenvalue weighted by atomic mass is 35.5. The van der Waals surface area contributed by atoms with Crippen LogP contribution in [0.4, 0.5) is 4.39 Å². The lowest BCUT2D eigenvalue weighted by Crippen LogP contribution is -2.54. The second-order valence-corrected chi connectivity index (χ2v) is 11.2. The Kier molecular flexibility index (Phi) is 8.45. The number of carbonyl (C=O) groups is 4. The highest BCUT2D eigenvalue weighted by molar-refractivity contribution is 6.30. The first-order valence-corrected chi connectivity index (χ1v) is 14.5. The fourth-order valence-corrected chi connectivity index (χ4v) is 6.64. The average molecular weight is 591 g/mol. The van der Waals surface area contributed by atoms with Gasteiger partial charge < -0.3 is 9.64 Å². The second kappa shape index (κ2) is 12.1. The van der Waals surface area contributed by atoms with E-state index in [1.807, 2.05) is 44.2 Å². The van der Waals surface area contributed by atoms with E-state index in [4.69, 9.17) is 16.3 Å². The Morgan fingerprint density at radius 1 is 0.929 bits per heavy atom. The molecule has 2 aliphatic heterocycles. The van der Waals surface area contributed by atoms with Crippen LogP contribution in [0.1, 0.15) is 77.4 Å². The number of ether oxygens (including phenoxy) is 1. The lowest BCUT2D eigenvalue weighted by Gasteiger charge is -2.42. The third kappa shape index (κ3) is 5.31. The normalized spacial score (nSPS) is 18.4. The first kappa shape index (κ1) is 29.5. The van der Waals surface area contributed by atoms with E-state index in [0.29, 0.717) is 31.2 Å². The topological polar surface area (TPSA) is 84.0 Å². The number of nitrogens with zero attached hydrogens (tertiary/aromatic N) is 2. The molecule has 0 bridgehead atoms. The smallest absolute Gasteiger partial charge is 0.314 e. The molecule has 0 spiro atoms. The van der Waals surface area contributed by atoms with Crippen LogP contribution in [0.25, 0.3) is 0 Å². The molecule has 42 heavy (non-hydrogen) atoms. The number of hydrogen-bond donors (Lipinski definition) is 0. The molecule has 2 aliphatic rings. The fourth-order valence-electron chi connectivity index (χ4n) is 6.41. The van der Waals surface area contributed by atoms with Crippen molar-refractivity contribution in [1.82, 2.24) is 9.80 Å². The Morgan fingerprint density at radius 2 is 1.55 bits per heavy atom. The monoisotopic (exact) mass is 590 g/mol. The van der Waals surface area contributed by atoms with Crippen LogP contribution in [-0.2, 0) is 20.9 Å². The molecule has 1 fully saturated rings.